The number of hydrogen-bond donors (Lipinski definition) is 1. The van der Waals surface area contributed by atoms with Crippen molar-refractivity contribution in [1.82, 2.24) is 20.0 Å². The van der Waals surface area contributed by atoms with Crippen molar-refractivity contribution in [2.24, 2.45) is 12.0 Å². The van der Waals surface area contributed by atoms with Gasteiger partial charge in [-0.25, -0.2) is 0 Å². The van der Waals surface area contributed by atoms with Crippen LogP contribution in [0.3, 0.4) is 0 Å². The minimum absolute atomic E-state index is 0.00617. The number of guanidine groups is 1. The molecular formula is C23H33N5O3. The molecule has 0 amide bonds. The van der Waals surface area contributed by atoms with Crippen molar-refractivity contribution in [1.29, 1.82) is 0 Å². The Morgan fingerprint density at radius 3 is 2.87 bits per heavy atom. The van der Waals surface area contributed by atoms with Gasteiger partial charge in [0, 0.05) is 52.2 Å². The Balaban J connectivity index is 1.30. The molecule has 2 fully saturated rings. The molecule has 1 atom stereocenters. The molecule has 3 heterocycles. The summed E-state index contributed by atoms with van der Waals surface area (Å²) in [4.78, 5) is 6.75. The van der Waals surface area contributed by atoms with Gasteiger partial charge in [-0.2, -0.15) is 5.10 Å². The molecule has 31 heavy (non-hydrogen) atoms. The molecule has 2 aliphatic rings. The average Bonchev–Trinajstić information content (AvgIpc) is 3.26. The first-order valence-electron chi connectivity index (χ1n) is 11.0. The zero-order valence-electron chi connectivity index (χ0n) is 18.5. The van der Waals surface area contributed by atoms with Gasteiger partial charge in [-0.05, 0) is 24.0 Å². The minimum atomic E-state index is 0.00617. The van der Waals surface area contributed by atoms with E-state index in [0.717, 1.165) is 50.7 Å². The monoisotopic (exact) mass is 427 g/mol. The fourth-order valence-electron chi connectivity index (χ4n) is 4.05. The number of rotatable bonds is 6. The van der Waals surface area contributed by atoms with E-state index in [4.69, 9.17) is 14.2 Å². The number of aliphatic imine (C=N–C) groups is 1. The van der Waals surface area contributed by atoms with E-state index >= 15 is 0 Å². The number of aromatic nitrogens is 2. The van der Waals surface area contributed by atoms with Crippen molar-refractivity contribution in [2.75, 3.05) is 40.0 Å². The second kappa shape index (κ2) is 10.7. The lowest BCUT2D eigenvalue weighted by Crippen LogP contribution is -2.47. The molecule has 1 aromatic carbocycles. The van der Waals surface area contributed by atoms with Gasteiger partial charge in [-0.1, -0.05) is 24.3 Å². The summed E-state index contributed by atoms with van der Waals surface area (Å²) in [6, 6.07) is 8.56. The van der Waals surface area contributed by atoms with E-state index in [0.29, 0.717) is 25.9 Å². The highest BCUT2D eigenvalue weighted by Crippen LogP contribution is 2.21. The van der Waals surface area contributed by atoms with Crippen LogP contribution in [0, 0.1) is 0 Å². The van der Waals surface area contributed by atoms with Crippen LogP contribution in [0.25, 0.3) is 0 Å². The van der Waals surface area contributed by atoms with E-state index in [-0.39, 0.29) is 6.10 Å². The second-order valence-corrected chi connectivity index (χ2v) is 8.10. The maximum Gasteiger partial charge on any atom is 0.194 e. The Labute approximate surface area is 184 Å². The molecule has 1 unspecified atom stereocenters. The third-order valence-corrected chi connectivity index (χ3v) is 5.77. The Bertz CT molecular complexity index is 862. The quantitative estimate of drug-likeness (QED) is 0.563. The zero-order valence-corrected chi connectivity index (χ0v) is 18.5. The van der Waals surface area contributed by atoms with Crippen LogP contribution in [-0.2, 0) is 34.4 Å². The summed E-state index contributed by atoms with van der Waals surface area (Å²) in [7, 11) is 3.75. The number of morpholine rings is 1. The highest BCUT2D eigenvalue weighted by molar-refractivity contribution is 5.80. The summed E-state index contributed by atoms with van der Waals surface area (Å²) in [5, 5.41) is 7.77. The van der Waals surface area contributed by atoms with Crippen molar-refractivity contribution in [3.05, 3.63) is 53.3 Å². The van der Waals surface area contributed by atoms with E-state index < -0.39 is 0 Å². The highest BCUT2D eigenvalue weighted by atomic mass is 16.5. The van der Waals surface area contributed by atoms with Crippen molar-refractivity contribution >= 4 is 5.96 Å². The number of benzene rings is 1. The third-order valence-electron chi connectivity index (χ3n) is 5.77. The van der Waals surface area contributed by atoms with Gasteiger partial charge in [-0.3, -0.25) is 9.67 Å². The van der Waals surface area contributed by atoms with Crippen LogP contribution in [0.1, 0.15) is 35.6 Å². The molecule has 0 radical (unpaired) electrons. The maximum atomic E-state index is 6.07. The number of hydrogen-bond acceptors (Lipinski definition) is 5. The van der Waals surface area contributed by atoms with Gasteiger partial charge in [0.15, 0.2) is 5.96 Å². The van der Waals surface area contributed by atoms with E-state index in [1.54, 1.807) is 0 Å². The van der Waals surface area contributed by atoms with Crippen molar-refractivity contribution in [2.45, 2.75) is 38.2 Å². The summed E-state index contributed by atoms with van der Waals surface area (Å²) in [5.41, 5.74) is 3.51. The molecule has 2 aromatic rings. The summed E-state index contributed by atoms with van der Waals surface area (Å²) < 4.78 is 19.2. The van der Waals surface area contributed by atoms with E-state index in [9.17, 15) is 0 Å². The summed E-state index contributed by atoms with van der Waals surface area (Å²) in [6.07, 6.45) is 6.17. The Kier molecular flexibility index (Phi) is 7.56. The molecule has 0 aliphatic carbocycles. The molecule has 168 valence electrons. The molecule has 2 aliphatic heterocycles. The average molecular weight is 428 g/mol. The van der Waals surface area contributed by atoms with Gasteiger partial charge in [0.1, 0.15) is 6.10 Å². The summed E-state index contributed by atoms with van der Waals surface area (Å²) in [5.74, 6) is 0.890. The van der Waals surface area contributed by atoms with Crippen LogP contribution in [0.4, 0.5) is 0 Å². The second-order valence-electron chi connectivity index (χ2n) is 8.10. The number of ether oxygens (including phenoxy) is 3. The molecule has 1 aromatic heterocycles. The van der Waals surface area contributed by atoms with E-state index in [1.165, 1.54) is 11.1 Å². The number of nitrogens with one attached hydrogen (secondary N) is 1. The standard InChI is InChI=1S/C23H33N5O3/c1-24-23(28-8-11-30-22(16-28)20-14-26-27(2)15-20)25-13-18-4-3-5-19(12-18)17-31-21-6-9-29-10-7-21/h3-5,12,14-15,21-22H,6-11,13,16-17H2,1-2H3,(H,24,25). The molecule has 1 N–H and O–H groups in total. The molecule has 8 heteroatoms. The van der Waals surface area contributed by atoms with Gasteiger partial charge in [0.05, 0.1) is 32.1 Å². The van der Waals surface area contributed by atoms with E-state index in [1.807, 2.05) is 31.2 Å². The van der Waals surface area contributed by atoms with E-state index in [2.05, 4.69) is 44.6 Å². The lowest BCUT2D eigenvalue weighted by Gasteiger charge is -2.34. The molecule has 0 bridgehead atoms. The topological polar surface area (TPSA) is 73.1 Å². The Morgan fingerprint density at radius 2 is 2.10 bits per heavy atom. The first-order chi connectivity index (χ1) is 15.2. The van der Waals surface area contributed by atoms with Crippen LogP contribution in [0.5, 0.6) is 0 Å². The Morgan fingerprint density at radius 1 is 1.26 bits per heavy atom. The van der Waals surface area contributed by atoms with Crippen LogP contribution in [0.15, 0.2) is 41.7 Å². The fraction of sp³-hybridized carbons (Fsp3) is 0.565. The van der Waals surface area contributed by atoms with Gasteiger partial charge < -0.3 is 24.4 Å². The van der Waals surface area contributed by atoms with Gasteiger partial charge in [-0.15, -0.1) is 0 Å². The van der Waals surface area contributed by atoms with Crippen molar-refractivity contribution in [3.8, 4) is 0 Å². The lowest BCUT2D eigenvalue weighted by atomic mass is 10.1. The summed E-state index contributed by atoms with van der Waals surface area (Å²) >= 11 is 0. The van der Waals surface area contributed by atoms with Gasteiger partial charge in [0.25, 0.3) is 0 Å². The highest BCUT2D eigenvalue weighted by Gasteiger charge is 2.25. The lowest BCUT2D eigenvalue weighted by molar-refractivity contribution is -0.0390. The summed E-state index contributed by atoms with van der Waals surface area (Å²) in [6.45, 7) is 5.20. The molecule has 0 saturated carbocycles. The first kappa shape index (κ1) is 21.8. The largest absolute Gasteiger partial charge is 0.381 e. The van der Waals surface area contributed by atoms with Crippen LogP contribution in [-0.4, -0.2) is 66.7 Å². The molecule has 2 saturated heterocycles. The van der Waals surface area contributed by atoms with Crippen molar-refractivity contribution in [3.63, 3.8) is 0 Å². The smallest absolute Gasteiger partial charge is 0.194 e. The normalized spacial score (nSPS) is 20.8. The van der Waals surface area contributed by atoms with Gasteiger partial charge in [0.2, 0.25) is 0 Å². The zero-order chi connectivity index (χ0) is 21.5. The molecular weight excluding hydrogens is 394 g/mol. The van der Waals surface area contributed by atoms with Gasteiger partial charge >= 0.3 is 0 Å². The SMILES string of the molecule is CN=C(NCc1cccc(COC2CCOCC2)c1)N1CCOC(c2cnn(C)c2)C1. The number of aryl methyl sites for hydroxylation is 1. The van der Waals surface area contributed by atoms with Crippen molar-refractivity contribution < 1.29 is 14.2 Å². The van der Waals surface area contributed by atoms with Crippen LogP contribution >= 0.6 is 0 Å². The minimum Gasteiger partial charge on any atom is -0.381 e. The Hall–Kier alpha value is -2.42. The molecule has 4 rings (SSSR count). The predicted molar refractivity (Wildman–Crippen MR) is 119 cm³/mol. The van der Waals surface area contributed by atoms with Crippen LogP contribution < -0.4 is 5.32 Å². The fourth-order valence-corrected chi connectivity index (χ4v) is 4.05. The predicted octanol–water partition coefficient (Wildman–Crippen LogP) is 2.26. The maximum absolute atomic E-state index is 6.07. The number of nitrogens with zero attached hydrogens (tertiary/aromatic N) is 4. The third kappa shape index (κ3) is 6.06. The molecule has 8 nitrogen and oxygen atoms in total. The van der Waals surface area contributed by atoms with Crippen LogP contribution in [0.2, 0.25) is 0 Å². The molecule has 0 spiro atoms. The first-order valence-corrected chi connectivity index (χ1v) is 11.0.